The Kier molecular flexibility index (Phi) is 2.97. The summed E-state index contributed by atoms with van der Waals surface area (Å²) in [5.74, 6) is 0.596. The molecule has 1 aliphatic rings. The van der Waals surface area contributed by atoms with Crippen molar-refractivity contribution in [3.8, 4) is 0 Å². The van der Waals surface area contributed by atoms with E-state index in [1.807, 2.05) is 30.7 Å². The Morgan fingerprint density at radius 2 is 1.94 bits per heavy atom. The quantitative estimate of drug-likeness (QED) is 0.848. The molecule has 1 aliphatic heterocycles. The van der Waals surface area contributed by atoms with Crippen LogP contribution in [0.4, 0.5) is 0 Å². The largest absolute Gasteiger partial charge is 0.322 e. The van der Waals surface area contributed by atoms with E-state index in [-0.39, 0.29) is 11.8 Å². The molecule has 1 aromatic rings. The first-order valence-electron chi connectivity index (χ1n) is 5.60. The van der Waals surface area contributed by atoms with Gasteiger partial charge in [-0.05, 0) is 38.8 Å². The van der Waals surface area contributed by atoms with Crippen LogP contribution in [0.1, 0.15) is 24.2 Å². The lowest BCUT2D eigenvalue weighted by Crippen LogP contribution is -2.39. The number of aryl methyl sites for hydroxylation is 2. The Morgan fingerprint density at radius 1 is 1.31 bits per heavy atom. The minimum Gasteiger partial charge on any atom is -0.322 e. The van der Waals surface area contributed by atoms with E-state index in [0.29, 0.717) is 5.75 Å². The van der Waals surface area contributed by atoms with Crippen LogP contribution in [0, 0.1) is 13.8 Å². The van der Waals surface area contributed by atoms with Crippen molar-refractivity contribution in [3.05, 3.63) is 23.5 Å². The molecule has 1 atom stereocenters. The van der Waals surface area contributed by atoms with Gasteiger partial charge in [0, 0.05) is 11.4 Å². The average molecular weight is 242 g/mol. The third-order valence-corrected chi connectivity index (χ3v) is 4.87. The van der Waals surface area contributed by atoms with Gasteiger partial charge in [-0.25, -0.2) is 8.42 Å². The minimum atomic E-state index is -2.84. The van der Waals surface area contributed by atoms with E-state index in [1.165, 1.54) is 0 Å². The van der Waals surface area contributed by atoms with Crippen molar-refractivity contribution in [2.45, 2.75) is 32.7 Å². The lowest BCUT2D eigenvalue weighted by atomic mass is 10.2. The molecule has 5 heteroatoms. The van der Waals surface area contributed by atoms with Gasteiger partial charge in [-0.15, -0.1) is 0 Å². The van der Waals surface area contributed by atoms with Gasteiger partial charge in [0.15, 0.2) is 9.84 Å². The SMILES string of the molecule is Cc1ccc(C)n1NC1CCCS(=O)(=O)C1. The Labute approximate surface area is 96.5 Å². The fourth-order valence-electron chi connectivity index (χ4n) is 2.18. The predicted molar refractivity (Wildman–Crippen MR) is 64.9 cm³/mol. The number of sulfone groups is 1. The molecule has 0 aromatic carbocycles. The summed E-state index contributed by atoms with van der Waals surface area (Å²) < 4.78 is 25.0. The number of aromatic nitrogens is 1. The van der Waals surface area contributed by atoms with E-state index in [4.69, 9.17) is 0 Å². The molecular weight excluding hydrogens is 224 g/mol. The summed E-state index contributed by atoms with van der Waals surface area (Å²) in [5.41, 5.74) is 5.51. The Balaban J connectivity index is 2.11. The Morgan fingerprint density at radius 3 is 2.50 bits per heavy atom. The molecule has 0 radical (unpaired) electrons. The van der Waals surface area contributed by atoms with E-state index in [0.717, 1.165) is 24.2 Å². The molecule has 0 bridgehead atoms. The molecule has 1 saturated heterocycles. The van der Waals surface area contributed by atoms with Crippen LogP contribution >= 0.6 is 0 Å². The fourth-order valence-corrected chi connectivity index (χ4v) is 3.81. The molecule has 0 aliphatic carbocycles. The van der Waals surface area contributed by atoms with Crippen LogP contribution in [0.5, 0.6) is 0 Å². The first kappa shape index (κ1) is 11.5. The molecule has 1 fully saturated rings. The number of hydrogen-bond acceptors (Lipinski definition) is 3. The number of nitrogens with zero attached hydrogens (tertiary/aromatic N) is 1. The molecule has 0 spiro atoms. The van der Waals surface area contributed by atoms with Crippen LogP contribution in [-0.4, -0.2) is 30.6 Å². The van der Waals surface area contributed by atoms with Gasteiger partial charge in [-0.2, -0.15) is 0 Å². The van der Waals surface area contributed by atoms with Gasteiger partial charge in [-0.1, -0.05) is 0 Å². The molecule has 1 aromatic heterocycles. The van der Waals surface area contributed by atoms with E-state index in [2.05, 4.69) is 5.43 Å². The van der Waals surface area contributed by atoms with Crippen molar-refractivity contribution in [2.24, 2.45) is 0 Å². The molecule has 0 amide bonds. The summed E-state index contributed by atoms with van der Waals surface area (Å²) in [6.07, 6.45) is 1.69. The predicted octanol–water partition coefficient (Wildman–Crippen LogP) is 1.23. The summed E-state index contributed by atoms with van der Waals surface area (Å²) in [7, 11) is -2.84. The van der Waals surface area contributed by atoms with Crippen molar-refractivity contribution in [1.29, 1.82) is 0 Å². The minimum absolute atomic E-state index is 0.0450. The van der Waals surface area contributed by atoms with Crippen molar-refractivity contribution in [3.63, 3.8) is 0 Å². The number of hydrogen-bond donors (Lipinski definition) is 1. The lowest BCUT2D eigenvalue weighted by molar-refractivity contribution is 0.542. The number of rotatable bonds is 2. The smallest absolute Gasteiger partial charge is 0.152 e. The second-order valence-electron chi connectivity index (χ2n) is 4.53. The standard InChI is InChI=1S/C11H18N2O2S/c1-9-5-6-10(2)13(9)12-11-4-3-7-16(14,15)8-11/h5-6,11-12H,3-4,7-8H2,1-2H3. The molecule has 16 heavy (non-hydrogen) atoms. The summed E-state index contributed by atoms with van der Waals surface area (Å²) in [5, 5.41) is 0. The zero-order chi connectivity index (χ0) is 11.8. The molecular formula is C11H18N2O2S. The monoisotopic (exact) mass is 242 g/mol. The van der Waals surface area contributed by atoms with Crippen LogP contribution in [0.2, 0.25) is 0 Å². The summed E-state index contributed by atoms with van der Waals surface area (Å²) >= 11 is 0. The van der Waals surface area contributed by atoms with Crippen LogP contribution in [0.15, 0.2) is 12.1 Å². The summed E-state index contributed by atoms with van der Waals surface area (Å²) in [6, 6.07) is 4.10. The Hall–Kier alpha value is -0.970. The molecule has 0 saturated carbocycles. The maximum atomic E-state index is 11.5. The van der Waals surface area contributed by atoms with E-state index in [1.54, 1.807) is 0 Å². The van der Waals surface area contributed by atoms with Gasteiger partial charge in [0.25, 0.3) is 0 Å². The fraction of sp³-hybridized carbons (Fsp3) is 0.636. The summed E-state index contributed by atoms with van der Waals surface area (Å²) in [6.45, 7) is 4.02. The highest BCUT2D eigenvalue weighted by molar-refractivity contribution is 7.91. The van der Waals surface area contributed by atoms with Gasteiger partial charge < -0.3 is 5.43 Å². The molecule has 1 unspecified atom stereocenters. The molecule has 1 N–H and O–H groups in total. The third-order valence-electron chi connectivity index (χ3n) is 3.05. The van der Waals surface area contributed by atoms with Crippen molar-refractivity contribution < 1.29 is 8.42 Å². The molecule has 2 heterocycles. The Bertz CT molecular complexity index is 457. The first-order chi connectivity index (χ1) is 7.48. The van der Waals surface area contributed by atoms with Crippen LogP contribution < -0.4 is 5.43 Å². The van der Waals surface area contributed by atoms with Crippen LogP contribution in [0.25, 0.3) is 0 Å². The molecule has 90 valence electrons. The number of nitrogens with one attached hydrogen (secondary N) is 1. The molecule has 2 rings (SSSR count). The second-order valence-corrected chi connectivity index (χ2v) is 6.76. The van der Waals surface area contributed by atoms with Gasteiger partial charge >= 0.3 is 0 Å². The summed E-state index contributed by atoms with van der Waals surface area (Å²) in [4.78, 5) is 0. The van der Waals surface area contributed by atoms with Gasteiger partial charge in [0.1, 0.15) is 0 Å². The lowest BCUT2D eigenvalue weighted by Gasteiger charge is -2.26. The van der Waals surface area contributed by atoms with E-state index in [9.17, 15) is 8.42 Å². The van der Waals surface area contributed by atoms with Gasteiger partial charge in [0.2, 0.25) is 0 Å². The van der Waals surface area contributed by atoms with E-state index >= 15 is 0 Å². The highest BCUT2D eigenvalue weighted by Crippen LogP contribution is 2.14. The first-order valence-corrected chi connectivity index (χ1v) is 7.42. The van der Waals surface area contributed by atoms with Gasteiger partial charge in [-0.3, -0.25) is 4.68 Å². The normalized spacial score (nSPS) is 24.2. The third kappa shape index (κ3) is 2.40. The highest BCUT2D eigenvalue weighted by Gasteiger charge is 2.25. The maximum Gasteiger partial charge on any atom is 0.152 e. The van der Waals surface area contributed by atoms with E-state index < -0.39 is 9.84 Å². The average Bonchev–Trinajstić information content (AvgIpc) is 2.48. The second kappa shape index (κ2) is 4.13. The van der Waals surface area contributed by atoms with Crippen LogP contribution in [-0.2, 0) is 9.84 Å². The maximum absolute atomic E-state index is 11.5. The zero-order valence-corrected chi connectivity index (χ0v) is 10.5. The van der Waals surface area contributed by atoms with Gasteiger partial charge in [0.05, 0.1) is 17.5 Å². The van der Waals surface area contributed by atoms with Crippen LogP contribution in [0.3, 0.4) is 0 Å². The zero-order valence-electron chi connectivity index (χ0n) is 9.73. The topological polar surface area (TPSA) is 51.1 Å². The van der Waals surface area contributed by atoms with Crippen molar-refractivity contribution >= 4 is 9.84 Å². The van der Waals surface area contributed by atoms with Crippen molar-refractivity contribution in [2.75, 3.05) is 16.9 Å². The highest BCUT2D eigenvalue weighted by atomic mass is 32.2. The molecule has 4 nitrogen and oxygen atoms in total. The van der Waals surface area contributed by atoms with Crippen molar-refractivity contribution in [1.82, 2.24) is 4.68 Å².